The molecule has 2 saturated heterocycles. The number of fused-ring (bicyclic) bond motifs is 2. The maximum atomic E-state index is 3.88. The minimum absolute atomic E-state index is 0.566. The zero-order chi connectivity index (χ0) is 12.0. The molecule has 2 heteroatoms. The van der Waals surface area contributed by atoms with E-state index in [1.54, 1.807) is 0 Å². The summed E-state index contributed by atoms with van der Waals surface area (Å²) in [6.45, 7) is 10.00. The van der Waals surface area contributed by atoms with Gasteiger partial charge in [0.1, 0.15) is 0 Å². The van der Waals surface area contributed by atoms with Gasteiger partial charge in [-0.05, 0) is 56.9 Å². The third-order valence-corrected chi connectivity index (χ3v) is 5.62. The lowest BCUT2D eigenvalue weighted by Gasteiger charge is -2.44. The summed E-state index contributed by atoms with van der Waals surface area (Å²) < 4.78 is 0. The monoisotopic (exact) mass is 236 g/mol. The average Bonchev–Trinajstić information content (AvgIpc) is 2.69. The van der Waals surface area contributed by atoms with E-state index in [2.05, 4.69) is 31.0 Å². The summed E-state index contributed by atoms with van der Waals surface area (Å²) in [5.74, 6) is 0.877. The first kappa shape index (κ1) is 12.0. The summed E-state index contributed by atoms with van der Waals surface area (Å²) in [5, 5.41) is 3.88. The van der Waals surface area contributed by atoms with Crippen LogP contribution in [0.3, 0.4) is 0 Å². The Morgan fingerprint density at radius 3 is 2.88 bits per heavy atom. The van der Waals surface area contributed by atoms with Crippen LogP contribution in [0.2, 0.25) is 0 Å². The molecule has 2 heterocycles. The molecule has 3 aliphatic rings. The molecule has 3 fully saturated rings. The molecule has 2 aliphatic heterocycles. The van der Waals surface area contributed by atoms with Gasteiger partial charge in [-0.1, -0.05) is 13.8 Å². The lowest BCUT2D eigenvalue weighted by atomic mass is 9.68. The van der Waals surface area contributed by atoms with Crippen LogP contribution < -0.4 is 5.32 Å². The quantitative estimate of drug-likeness (QED) is 0.695. The molecule has 1 N–H and O–H groups in total. The Morgan fingerprint density at radius 2 is 2.06 bits per heavy atom. The number of hydrogen-bond donors (Lipinski definition) is 1. The molecule has 0 aromatic heterocycles. The molecule has 3 rings (SSSR count). The Labute approximate surface area is 106 Å². The van der Waals surface area contributed by atoms with Crippen LogP contribution >= 0.6 is 0 Å². The molecule has 0 aromatic rings. The van der Waals surface area contributed by atoms with Crippen LogP contribution in [-0.2, 0) is 0 Å². The largest absolute Gasteiger partial charge is 0.312 e. The zero-order valence-electron chi connectivity index (χ0n) is 11.7. The minimum Gasteiger partial charge on any atom is -0.312 e. The molecule has 2 unspecified atom stereocenters. The van der Waals surface area contributed by atoms with Gasteiger partial charge >= 0.3 is 0 Å². The fourth-order valence-electron chi connectivity index (χ4n) is 4.55. The van der Waals surface area contributed by atoms with Crippen molar-refractivity contribution in [2.45, 2.75) is 71.0 Å². The maximum Gasteiger partial charge on any atom is 0.0224 e. The predicted octanol–water partition coefficient (Wildman–Crippen LogP) is 2.64. The van der Waals surface area contributed by atoms with Gasteiger partial charge in [-0.2, -0.15) is 0 Å². The van der Waals surface area contributed by atoms with E-state index in [4.69, 9.17) is 0 Å². The van der Waals surface area contributed by atoms with E-state index in [0.717, 1.165) is 24.0 Å². The van der Waals surface area contributed by atoms with Crippen LogP contribution in [0.15, 0.2) is 0 Å². The molecule has 0 spiro atoms. The highest BCUT2D eigenvalue weighted by molar-refractivity contribution is 4.99. The highest BCUT2D eigenvalue weighted by Gasteiger charge is 2.43. The normalized spacial score (nSPS) is 46.1. The first-order valence-electron chi connectivity index (χ1n) is 7.56. The van der Waals surface area contributed by atoms with Crippen molar-refractivity contribution in [1.82, 2.24) is 10.2 Å². The molecule has 0 aromatic carbocycles. The van der Waals surface area contributed by atoms with Gasteiger partial charge in [0.2, 0.25) is 0 Å². The Balaban J connectivity index is 1.80. The van der Waals surface area contributed by atoms with E-state index in [9.17, 15) is 0 Å². The van der Waals surface area contributed by atoms with E-state index in [-0.39, 0.29) is 0 Å². The molecule has 98 valence electrons. The van der Waals surface area contributed by atoms with Gasteiger partial charge in [-0.3, -0.25) is 4.90 Å². The molecular weight excluding hydrogens is 208 g/mol. The predicted molar refractivity (Wildman–Crippen MR) is 72.1 cm³/mol. The van der Waals surface area contributed by atoms with Gasteiger partial charge in [-0.15, -0.1) is 0 Å². The van der Waals surface area contributed by atoms with Crippen molar-refractivity contribution in [3.8, 4) is 0 Å². The van der Waals surface area contributed by atoms with Gasteiger partial charge in [-0.25, -0.2) is 0 Å². The third-order valence-electron chi connectivity index (χ3n) is 5.62. The highest BCUT2D eigenvalue weighted by atomic mass is 15.2. The SMILES string of the molecule is C[C@H]1[C@@H]2CC(C)(C)CCC2NCC2CCCN21. The van der Waals surface area contributed by atoms with Crippen LogP contribution in [0.5, 0.6) is 0 Å². The van der Waals surface area contributed by atoms with Crippen LogP contribution in [0.4, 0.5) is 0 Å². The van der Waals surface area contributed by atoms with Crippen molar-refractivity contribution in [2.75, 3.05) is 13.1 Å². The second kappa shape index (κ2) is 4.24. The summed E-state index contributed by atoms with van der Waals surface area (Å²) in [4.78, 5) is 2.80. The molecule has 2 nitrogen and oxygen atoms in total. The van der Waals surface area contributed by atoms with E-state index in [1.807, 2.05) is 0 Å². The van der Waals surface area contributed by atoms with Crippen molar-refractivity contribution in [3.63, 3.8) is 0 Å². The summed E-state index contributed by atoms with van der Waals surface area (Å²) in [6.07, 6.45) is 7.04. The summed E-state index contributed by atoms with van der Waals surface area (Å²) >= 11 is 0. The standard InChI is InChI=1S/C15H28N2/c1-11-13-9-15(2,3)7-6-14(13)16-10-12-5-4-8-17(11)12/h11-14,16H,4-10H2,1-3H3/t11-,12?,13-,14?/m0/s1. The van der Waals surface area contributed by atoms with E-state index >= 15 is 0 Å². The second-order valence-corrected chi connectivity index (χ2v) is 7.36. The van der Waals surface area contributed by atoms with Crippen molar-refractivity contribution in [3.05, 3.63) is 0 Å². The number of nitrogens with zero attached hydrogens (tertiary/aromatic N) is 1. The Hall–Kier alpha value is -0.0800. The third kappa shape index (κ3) is 2.15. The Bertz CT molecular complexity index is 287. The second-order valence-electron chi connectivity index (χ2n) is 7.36. The highest BCUT2D eigenvalue weighted by Crippen LogP contribution is 2.43. The lowest BCUT2D eigenvalue weighted by Crippen LogP contribution is -2.47. The fraction of sp³-hybridized carbons (Fsp3) is 1.00. The van der Waals surface area contributed by atoms with Gasteiger partial charge in [0.05, 0.1) is 0 Å². The summed E-state index contributed by atoms with van der Waals surface area (Å²) in [7, 11) is 0. The average molecular weight is 236 g/mol. The van der Waals surface area contributed by atoms with Crippen molar-refractivity contribution in [1.29, 1.82) is 0 Å². The first-order valence-corrected chi connectivity index (χ1v) is 7.56. The fourth-order valence-corrected chi connectivity index (χ4v) is 4.55. The topological polar surface area (TPSA) is 15.3 Å². The van der Waals surface area contributed by atoms with Gasteiger partial charge in [0.15, 0.2) is 0 Å². The number of rotatable bonds is 0. The Morgan fingerprint density at radius 1 is 1.24 bits per heavy atom. The van der Waals surface area contributed by atoms with E-state index in [0.29, 0.717) is 5.41 Å². The van der Waals surface area contributed by atoms with Gasteiger partial charge in [0.25, 0.3) is 0 Å². The van der Waals surface area contributed by atoms with Gasteiger partial charge in [0, 0.05) is 24.7 Å². The molecule has 1 saturated carbocycles. The number of hydrogen-bond acceptors (Lipinski definition) is 2. The molecule has 0 radical (unpaired) electrons. The molecule has 4 atom stereocenters. The van der Waals surface area contributed by atoms with Crippen LogP contribution in [-0.4, -0.2) is 36.1 Å². The van der Waals surface area contributed by atoms with E-state index < -0.39 is 0 Å². The molecular formula is C15H28N2. The lowest BCUT2D eigenvalue weighted by molar-refractivity contribution is 0.0786. The molecule has 1 aliphatic carbocycles. The smallest absolute Gasteiger partial charge is 0.0224 e. The summed E-state index contributed by atoms with van der Waals surface area (Å²) in [5.41, 5.74) is 0.566. The summed E-state index contributed by atoms with van der Waals surface area (Å²) in [6, 6.07) is 2.42. The van der Waals surface area contributed by atoms with E-state index in [1.165, 1.54) is 45.2 Å². The maximum absolute atomic E-state index is 3.88. The molecule has 0 amide bonds. The zero-order valence-corrected chi connectivity index (χ0v) is 11.7. The van der Waals surface area contributed by atoms with Crippen LogP contribution in [0.1, 0.15) is 52.9 Å². The van der Waals surface area contributed by atoms with Gasteiger partial charge < -0.3 is 5.32 Å². The van der Waals surface area contributed by atoms with Crippen LogP contribution in [0.25, 0.3) is 0 Å². The van der Waals surface area contributed by atoms with Crippen molar-refractivity contribution >= 4 is 0 Å². The van der Waals surface area contributed by atoms with Crippen LogP contribution in [0, 0.1) is 11.3 Å². The first-order chi connectivity index (χ1) is 8.07. The minimum atomic E-state index is 0.566. The Kier molecular flexibility index (Phi) is 2.99. The van der Waals surface area contributed by atoms with Crippen molar-refractivity contribution < 1.29 is 0 Å². The molecule has 0 bridgehead atoms. The van der Waals surface area contributed by atoms with Crippen molar-refractivity contribution in [2.24, 2.45) is 11.3 Å². The number of nitrogens with one attached hydrogen (secondary N) is 1. The molecule has 17 heavy (non-hydrogen) atoms.